The summed E-state index contributed by atoms with van der Waals surface area (Å²) in [5.41, 5.74) is 6.16. The lowest BCUT2D eigenvalue weighted by Gasteiger charge is -2.25. The van der Waals surface area contributed by atoms with Crippen LogP contribution in [0.15, 0.2) is 76.7 Å². The van der Waals surface area contributed by atoms with Crippen molar-refractivity contribution in [3.63, 3.8) is 0 Å². The number of hydrogen-bond acceptors (Lipinski definition) is 5. The monoisotopic (exact) mass is 465 g/mol. The van der Waals surface area contributed by atoms with Gasteiger partial charge in [-0.25, -0.2) is 13.8 Å². The number of carbonyl (C=O) groups is 1. The number of anilines is 1. The first-order valence-electron chi connectivity index (χ1n) is 10.3. The average Bonchev–Trinajstić information content (AvgIpc) is 2.79. The van der Waals surface area contributed by atoms with Crippen LogP contribution in [0.4, 0.5) is 5.69 Å². The van der Waals surface area contributed by atoms with Crippen molar-refractivity contribution in [1.29, 1.82) is 0 Å². The van der Waals surface area contributed by atoms with Crippen molar-refractivity contribution < 1.29 is 17.9 Å². The highest BCUT2D eigenvalue weighted by Gasteiger charge is 2.28. The van der Waals surface area contributed by atoms with Crippen LogP contribution < -0.4 is 14.5 Å². The molecule has 0 spiro atoms. The van der Waals surface area contributed by atoms with E-state index >= 15 is 0 Å². The fraction of sp³-hybridized carbons (Fsp3) is 0.200. The summed E-state index contributed by atoms with van der Waals surface area (Å²) in [7, 11) is -2.42. The molecule has 0 bridgehead atoms. The molecular formula is C25H27N3O4S. The van der Waals surface area contributed by atoms with E-state index in [0.29, 0.717) is 11.4 Å². The number of ether oxygens (including phenoxy) is 1. The summed E-state index contributed by atoms with van der Waals surface area (Å²) in [5.74, 6) is 0.0984. The number of methoxy groups -OCH3 is 1. The molecule has 0 atom stereocenters. The number of rotatable bonds is 8. The summed E-state index contributed by atoms with van der Waals surface area (Å²) in [5, 5.41) is 3.97. The van der Waals surface area contributed by atoms with Gasteiger partial charge in [0, 0.05) is 0 Å². The zero-order valence-electron chi connectivity index (χ0n) is 19.1. The molecule has 3 aromatic rings. The lowest BCUT2D eigenvalue weighted by atomic mass is 10.1. The van der Waals surface area contributed by atoms with Crippen molar-refractivity contribution in [1.82, 2.24) is 5.43 Å². The number of nitrogens with zero attached hydrogens (tertiary/aromatic N) is 2. The number of amides is 1. The summed E-state index contributed by atoms with van der Waals surface area (Å²) < 4.78 is 33.3. The van der Waals surface area contributed by atoms with Gasteiger partial charge in [0.2, 0.25) is 0 Å². The number of hydrazone groups is 1. The van der Waals surface area contributed by atoms with Gasteiger partial charge >= 0.3 is 0 Å². The fourth-order valence-corrected chi connectivity index (χ4v) is 4.67. The molecule has 0 aromatic heterocycles. The molecule has 8 heteroatoms. The first kappa shape index (κ1) is 24.0. The maximum atomic E-state index is 13.5. The molecule has 0 unspecified atom stereocenters. The van der Waals surface area contributed by atoms with Crippen molar-refractivity contribution in [3.05, 3.63) is 89.0 Å². The third-order valence-electron chi connectivity index (χ3n) is 5.03. The minimum absolute atomic E-state index is 0.113. The minimum Gasteiger partial charge on any atom is -0.497 e. The Morgan fingerprint density at radius 2 is 1.70 bits per heavy atom. The van der Waals surface area contributed by atoms with Crippen LogP contribution in [0.3, 0.4) is 0 Å². The van der Waals surface area contributed by atoms with Crippen LogP contribution in [-0.4, -0.2) is 34.2 Å². The van der Waals surface area contributed by atoms with Crippen molar-refractivity contribution in [2.75, 3.05) is 18.0 Å². The summed E-state index contributed by atoms with van der Waals surface area (Å²) >= 11 is 0. The van der Waals surface area contributed by atoms with E-state index in [2.05, 4.69) is 10.5 Å². The summed E-state index contributed by atoms with van der Waals surface area (Å²) in [6.45, 7) is 5.14. The van der Waals surface area contributed by atoms with E-state index in [9.17, 15) is 13.2 Å². The highest BCUT2D eigenvalue weighted by molar-refractivity contribution is 7.92. The zero-order chi connectivity index (χ0) is 24.0. The second kappa shape index (κ2) is 10.3. The Kier molecular flexibility index (Phi) is 7.50. The van der Waals surface area contributed by atoms with Crippen LogP contribution in [-0.2, 0) is 14.8 Å². The average molecular weight is 466 g/mol. The van der Waals surface area contributed by atoms with E-state index in [-0.39, 0.29) is 4.90 Å². The van der Waals surface area contributed by atoms with E-state index < -0.39 is 22.5 Å². The maximum absolute atomic E-state index is 13.5. The molecule has 0 radical (unpaired) electrons. The molecule has 3 rings (SSSR count). The molecule has 1 N–H and O–H groups in total. The van der Waals surface area contributed by atoms with Gasteiger partial charge in [-0.2, -0.15) is 5.10 Å². The Bertz CT molecular complexity index is 1270. The van der Waals surface area contributed by atoms with E-state index in [0.717, 1.165) is 26.6 Å². The molecule has 1 amide bonds. The van der Waals surface area contributed by atoms with Crippen LogP contribution in [0, 0.1) is 20.8 Å². The normalized spacial score (nSPS) is 11.4. The lowest BCUT2D eigenvalue weighted by Crippen LogP contribution is -2.40. The number of nitrogens with one attached hydrogen (secondary N) is 1. The topological polar surface area (TPSA) is 88.1 Å². The number of hydrogen-bond donors (Lipinski definition) is 1. The van der Waals surface area contributed by atoms with Crippen LogP contribution in [0.2, 0.25) is 0 Å². The predicted molar refractivity (Wildman–Crippen MR) is 130 cm³/mol. The highest BCUT2D eigenvalue weighted by atomic mass is 32.2. The predicted octanol–water partition coefficient (Wildman–Crippen LogP) is 3.97. The second-order valence-electron chi connectivity index (χ2n) is 7.68. The maximum Gasteiger partial charge on any atom is 0.264 e. The molecule has 0 heterocycles. The van der Waals surface area contributed by atoms with E-state index in [1.165, 1.54) is 6.21 Å². The van der Waals surface area contributed by atoms with Gasteiger partial charge in [-0.3, -0.25) is 9.10 Å². The first-order chi connectivity index (χ1) is 15.7. The second-order valence-corrected chi connectivity index (χ2v) is 9.55. The molecule has 0 saturated heterocycles. The SMILES string of the molecule is COc1cccc(/C=N\NC(=O)CN(c2cc(C)ccc2C)S(=O)(=O)c2ccc(C)cc2)c1. The van der Waals surface area contributed by atoms with Gasteiger partial charge in [0.25, 0.3) is 15.9 Å². The summed E-state index contributed by atoms with van der Waals surface area (Å²) in [6.07, 6.45) is 1.47. The molecule has 0 aliphatic heterocycles. The van der Waals surface area contributed by atoms with Crippen molar-refractivity contribution in [2.45, 2.75) is 25.7 Å². The Hall–Kier alpha value is -3.65. The van der Waals surface area contributed by atoms with Crippen LogP contribution >= 0.6 is 0 Å². The Morgan fingerprint density at radius 1 is 1.00 bits per heavy atom. The number of carbonyl (C=O) groups excluding carboxylic acids is 1. The fourth-order valence-electron chi connectivity index (χ4n) is 3.19. The molecule has 3 aromatic carbocycles. The molecular weight excluding hydrogens is 438 g/mol. The number of benzene rings is 3. The minimum atomic E-state index is -3.99. The van der Waals surface area contributed by atoms with Gasteiger partial charge in [0.05, 0.1) is 23.9 Å². The summed E-state index contributed by atoms with van der Waals surface area (Å²) in [6, 6.07) is 19.2. The summed E-state index contributed by atoms with van der Waals surface area (Å²) in [4.78, 5) is 12.8. The third-order valence-corrected chi connectivity index (χ3v) is 6.80. The van der Waals surface area contributed by atoms with Gasteiger partial charge in [-0.05, 0) is 67.8 Å². The molecule has 0 aliphatic carbocycles. The Labute approximate surface area is 194 Å². The van der Waals surface area contributed by atoms with Gasteiger partial charge in [0.15, 0.2) is 0 Å². The third kappa shape index (κ3) is 5.98. The first-order valence-corrected chi connectivity index (χ1v) is 11.8. The smallest absolute Gasteiger partial charge is 0.264 e. The molecule has 7 nitrogen and oxygen atoms in total. The van der Waals surface area contributed by atoms with E-state index in [1.54, 1.807) is 55.6 Å². The Balaban J connectivity index is 1.88. The van der Waals surface area contributed by atoms with Crippen molar-refractivity contribution in [2.24, 2.45) is 5.10 Å². The molecule has 0 aliphatic rings. The van der Waals surface area contributed by atoms with Gasteiger partial charge < -0.3 is 4.74 Å². The molecule has 0 saturated carbocycles. The highest BCUT2D eigenvalue weighted by Crippen LogP contribution is 2.28. The molecule has 0 fully saturated rings. The van der Waals surface area contributed by atoms with Crippen molar-refractivity contribution in [3.8, 4) is 5.75 Å². The van der Waals surface area contributed by atoms with E-state index in [4.69, 9.17) is 4.74 Å². The van der Waals surface area contributed by atoms with Crippen LogP contribution in [0.5, 0.6) is 5.75 Å². The zero-order valence-corrected chi connectivity index (χ0v) is 19.9. The van der Waals surface area contributed by atoms with Gasteiger partial charge in [-0.1, -0.05) is 42.0 Å². The van der Waals surface area contributed by atoms with Gasteiger partial charge in [0.1, 0.15) is 12.3 Å². The van der Waals surface area contributed by atoms with Crippen LogP contribution in [0.25, 0.3) is 0 Å². The molecule has 172 valence electrons. The lowest BCUT2D eigenvalue weighted by molar-refractivity contribution is -0.119. The van der Waals surface area contributed by atoms with Crippen LogP contribution in [0.1, 0.15) is 22.3 Å². The van der Waals surface area contributed by atoms with Crippen molar-refractivity contribution >= 4 is 27.8 Å². The molecule has 33 heavy (non-hydrogen) atoms. The largest absolute Gasteiger partial charge is 0.497 e. The number of aryl methyl sites for hydroxylation is 3. The quantitative estimate of drug-likeness (QED) is 0.403. The standard InChI is InChI=1S/C25H27N3O4S/c1-18-9-12-23(13-10-18)33(30,31)28(24-14-19(2)8-11-20(24)3)17-25(29)27-26-16-21-6-5-7-22(15-21)32-4/h5-16H,17H2,1-4H3,(H,27,29)/b26-16-. The van der Waals surface area contributed by atoms with Gasteiger partial charge in [-0.15, -0.1) is 0 Å². The Morgan fingerprint density at radius 3 is 2.39 bits per heavy atom. The number of sulfonamides is 1. The van der Waals surface area contributed by atoms with E-state index in [1.807, 2.05) is 39.0 Å².